The summed E-state index contributed by atoms with van der Waals surface area (Å²) in [4.78, 5) is 13.3. The molecule has 3 aromatic rings. The van der Waals surface area contributed by atoms with E-state index in [1.165, 1.54) is 0 Å². The zero-order valence-corrected chi connectivity index (χ0v) is 15.6. The van der Waals surface area contributed by atoms with Crippen LogP contribution in [0.5, 0.6) is 23.0 Å². The summed E-state index contributed by atoms with van der Waals surface area (Å²) < 4.78 is 29.1. The minimum atomic E-state index is -0.108. The van der Waals surface area contributed by atoms with E-state index >= 15 is 0 Å². The topological polar surface area (TPSA) is 67.1 Å². The van der Waals surface area contributed by atoms with Gasteiger partial charge in [0.05, 0.1) is 37.4 Å². The minimum absolute atomic E-state index is 0.108. The van der Waals surface area contributed by atoms with Gasteiger partial charge in [-0.05, 0) is 36.8 Å². The van der Waals surface area contributed by atoms with Crippen LogP contribution in [-0.4, -0.2) is 26.4 Å². The number of ether oxygens (including phenoxy) is 4. The molecule has 3 heterocycles. The lowest BCUT2D eigenvalue weighted by molar-refractivity contribution is 0.296. The van der Waals surface area contributed by atoms with Crippen molar-refractivity contribution in [3.8, 4) is 34.1 Å². The maximum atomic E-state index is 13.3. The summed E-state index contributed by atoms with van der Waals surface area (Å²) in [5.41, 5.74) is 1.58. The third-order valence-electron chi connectivity index (χ3n) is 4.98. The van der Waals surface area contributed by atoms with Gasteiger partial charge in [-0.15, -0.1) is 0 Å². The lowest BCUT2D eigenvalue weighted by atomic mass is 10.0. The first-order valence-corrected chi connectivity index (χ1v) is 9.48. The molecule has 0 aliphatic carbocycles. The van der Waals surface area contributed by atoms with Gasteiger partial charge in [-0.2, -0.15) is 0 Å². The molecular formula is C22H20O6. The maximum absolute atomic E-state index is 13.3. The number of hydrogen-bond acceptors (Lipinski definition) is 6. The molecule has 0 fully saturated rings. The Morgan fingerprint density at radius 1 is 0.786 bits per heavy atom. The Labute approximate surface area is 161 Å². The van der Waals surface area contributed by atoms with E-state index in [-0.39, 0.29) is 5.43 Å². The van der Waals surface area contributed by atoms with Gasteiger partial charge < -0.3 is 23.4 Å². The van der Waals surface area contributed by atoms with Crippen LogP contribution in [0, 0.1) is 6.92 Å². The van der Waals surface area contributed by atoms with E-state index in [1.807, 2.05) is 18.2 Å². The summed E-state index contributed by atoms with van der Waals surface area (Å²) in [6.07, 6.45) is 1.61. The Balaban J connectivity index is 1.69. The molecule has 5 rings (SSSR count). The molecule has 28 heavy (non-hydrogen) atoms. The van der Waals surface area contributed by atoms with Crippen LogP contribution in [0.2, 0.25) is 0 Å². The molecule has 2 aromatic carbocycles. The SMILES string of the molecule is Cc1oc2c3c(ccc2c(=O)c1-c1ccc2c(c1)OCCCO2)OCCCO3. The highest BCUT2D eigenvalue weighted by Crippen LogP contribution is 2.39. The second-order valence-corrected chi connectivity index (χ2v) is 6.89. The van der Waals surface area contributed by atoms with Crippen molar-refractivity contribution in [3.63, 3.8) is 0 Å². The molecule has 2 aliphatic rings. The number of fused-ring (bicyclic) bond motifs is 4. The molecule has 0 unspecified atom stereocenters. The number of aryl methyl sites for hydroxylation is 1. The Morgan fingerprint density at radius 3 is 2.29 bits per heavy atom. The van der Waals surface area contributed by atoms with Crippen molar-refractivity contribution in [2.75, 3.05) is 26.4 Å². The number of rotatable bonds is 1. The lowest BCUT2D eigenvalue weighted by Crippen LogP contribution is -2.08. The molecule has 0 N–H and O–H groups in total. The predicted octanol–water partition coefficient (Wildman–Crippen LogP) is 4.09. The molecule has 1 aromatic heterocycles. The van der Waals surface area contributed by atoms with Crippen molar-refractivity contribution >= 4 is 11.0 Å². The van der Waals surface area contributed by atoms with Gasteiger partial charge in [0.25, 0.3) is 0 Å². The van der Waals surface area contributed by atoms with Gasteiger partial charge in [-0.1, -0.05) is 6.07 Å². The van der Waals surface area contributed by atoms with E-state index in [4.69, 9.17) is 23.4 Å². The first-order chi connectivity index (χ1) is 13.7. The van der Waals surface area contributed by atoms with Crippen LogP contribution in [0.15, 0.2) is 39.5 Å². The first kappa shape index (κ1) is 17.0. The van der Waals surface area contributed by atoms with Gasteiger partial charge in [-0.25, -0.2) is 0 Å². The highest BCUT2D eigenvalue weighted by Gasteiger charge is 2.22. The molecule has 0 saturated carbocycles. The molecule has 0 atom stereocenters. The number of hydrogen-bond donors (Lipinski definition) is 0. The van der Waals surface area contributed by atoms with Crippen molar-refractivity contribution in [1.82, 2.24) is 0 Å². The van der Waals surface area contributed by atoms with E-state index < -0.39 is 0 Å². The highest BCUT2D eigenvalue weighted by molar-refractivity contribution is 5.89. The van der Waals surface area contributed by atoms with Crippen LogP contribution in [0.4, 0.5) is 0 Å². The van der Waals surface area contributed by atoms with Crippen LogP contribution < -0.4 is 24.4 Å². The van der Waals surface area contributed by atoms with E-state index in [2.05, 4.69) is 0 Å². The molecule has 6 nitrogen and oxygen atoms in total. The predicted molar refractivity (Wildman–Crippen MR) is 104 cm³/mol. The summed E-state index contributed by atoms with van der Waals surface area (Å²) in [6, 6.07) is 9.05. The van der Waals surface area contributed by atoms with E-state index in [0.29, 0.717) is 71.7 Å². The average molecular weight is 380 g/mol. The second kappa shape index (κ2) is 6.78. The summed E-state index contributed by atoms with van der Waals surface area (Å²) in [5.74, 6) is 2.97. The van der Waals surface area contributed by atoms with E-state index in [1.54, 1.807) is 19.1 Å². The first-order valence-electron chi connectivity index (χ1n) is 9.48. The van der Waals surface area contributed by atoms with Crippen molar-refractivity contribution in [2.24, 2.45) is 0 Å². The Hall–Kier alpha value is -3.15. The quantitative estimate of drug-likeness (QED) is 0.633. The molecule has 0 bridgehead atoms. The van der Waals surface area contributed by atoms with Gasteiger partial charge in [0.2, 0.25) is 11.2 Å². The normalized spacial score (nSPS) is 15.8. The van der Waals surface area contributed by atoms with Crippen LogP contribution >= 0.6 is 0 Å². The molecular weight excluding hydrogens is 360 g/mol. The number of benzene rings is 2. The monoisotopic (exact) mass is 380 g/mol. The standard InChI is InChI=1S/C22H20O6/c1-13-19(14-4-6-16-18(12-14)26-10-2-8-24-16)20(23)15-5-7-17-22(21(15)28-13)27-11-3-9-25-17/h4-7,12H,2-3,8-11H2,1H3. The Bertz CT molecular complexity index is 1110. The summed E-state index contributed by atoms with van der Waals surface area (Å²) in [5, 5.41) is 0.469. The molecule has 2 aliphatic heterocycles. The fourth-order valence-electron chi connectivity index (χ4n) is 3.64. The summed E-state index contributed by atoms with van der Waals surface area (Å²) >= 11 is 0. The van der Waals surface area contributed by atoms with Gasteiger partial charge in [-0.3, -0.25) is 4.79 Å². The fourth-order valence-corrected chi connectivity index (χ4v) is 3.64. The maximum Gasteiger partial charge on any atom is 0.205 e. The zero-order chi connectivity index (χ0) is 19.1. The van der Waals surface area contributed by atoms with Gasteiger partial charge >= 0.3 is 0 Å². The molecule has 0 radical (unpaired) electrons. The van der Waals surface area contributed by atoms with Gasteiger partial charge in [0.1, 0.15) is 5.76 Å². The smallest absolute Gasteiger partial charge is 0.205 e. The summed E-state index contributed by atoms with van der Waals surface area (Å²) in [7, 11) is 0. The van der Waals surface area contributed by atoms with Crippen molar-refractivity contribution in [1.29, 1.82) is 0 Å². The Morgan fingerprint density at radius 2 is 1.46 bits per heavy atom. The summed E-state index contributed by atoms with van der Waals surface area (Å²) in [6.45, 7) is 4.11. The van der Waals surface area contributed by atoms with Crippen molar-refractivity contribution in [2.45, 2.75) is 19.8 Å². The molecule has 0 spiro atoms. The minimum Gasteiger partial charge on any atom is -0.490 e. The second-order valence-electron chi connectivity index (χ2n) is 6.89. The van der Waals surface area contributed by atoms with Gasteiger partial charge in [0, 0.05) is 12.8 Å². The zero-order valence-electron chi connectivity index (χ0n) is 15.6. The van der Waals surface area contributed by atoms with Crippen LogP contribution in [-0.2, 0) is 0 Å². The average Bonchev–Trinajstić information content (AvgIpc) is 3.08. The third-order valence-corrected chi connectivity index (χ3v) is 4.98. The largest absolute Gasteiger partial charge is 0.490 e. The van der Waals surface area contributed by atoms with Crippen LogP contribution in [0.1, 0.15) is 18.6 Å². The van der Waals surface area contributed by atoms with Crippen LogP contribution in [0.3, 0.4) is 0 Å². The third kappa shape index (κ3) is 2.76. The van der Waals surface area contributed by atoms with Gasteiger partial charge in [0.15, 0.2) is 22.8 Å². The van der Waals surface area contributed by atoms with E-state index in [0.717, 1.165) is 18.4 Å². The highest BCUT2D eigenvalue weighted by atomic mass is 16.5. The Kier molecular flexibility index (Phi) is 4.11. The van der Waals surface area contributed by atoms with Crippen molar-refractivity contribution < 1.29 is 23.4 Å². The van der Waals surface area contributed by atoms with E-state index in [9.17, 15) is 4.79 Å². The lowest BCUT2D eigenvalue weighted by Gasteiger charge is -2.13. The van der Waals surface area contributed by atoms with Crippen molar-refractivity contribution in [3.05, 3.63) is 46.3 Å². The molecule has 0 saturated heterocycles. The molecule has 144 valence electrons. The molecule has 0 amide bonds. The van der Waals surface area contributed by atoms with Crippen LogP contribution in [0.25, 0.3) is 22.1 Å². The fraction of sp³-hybridized carbons (Fsp3) is 0.318. The molecule has 6 heteroatoms.